The molecule has 1 N–H and O–H groups in total. The van der Waals surface area contributed by atoms with Crippen molar-refractivity contribution in [1.29, 1.82) is 0 Å². The van der Waals surface area contributed by atoms with Gasteiger partial charge in [0.25, 0.3) is 0 Å². The number of rotatable bonds is 2. The first-order valence-electron chi connectivity index (χ1n) is 6.60. The average molecular weight is 277 g/mol. The lowest BCUT2D eigenvalue weighted by Crippen LogP contribution is -2.42. The Kier molecular flexibility index (Phi) is 3.70. The van der Waals surface area contributed by atoms with E-state index in [9.17, 15) is 9.59 Å². The van der Waals surface area contributed by atoms with E-state index in [2.05, 4.69) is 0 Å². The minimum atomic E-state index is -0.920. The maximum Gasteiger partial charge on any atom is 0.415 e. The number of para-hydroxylation sites is 1. The summed E-state index contributed by atoms with van der Waals surface area (Å²) in [5, 5.41) is 9.01. The maximum atomic E-state index is 12.3. The van der Waals surface area contributed by atoms with Gasteiger partial charge in [0.2, 0.25) is 0 Å². The van der Waals surface area contributed by atoms with Crippen LogP contribution in [0, 0.1) is 0 Å². The van der Waals surface area contributed by atoms with Crippen LogP contribution < -0.4 is 4.90 Å². The summed E-state index contributed by atoms with van der Waals surface area (Å²) in [6.07, 6.45) is -0.0379. The molecule has 1 aromatic carbocycles. The maximum absolute atomic E-state index is 12.3. The van der Waals surface area contributed by atoms with E-state index < -0.39 is 17.7 Å². The van der Waals surface area contributed by atoms with Gasteiger partial charge in [-0.25, -0.2) is 4.79 Å². The molecule has 1 amide bonds. The summed E-state index contributed by atoms with van der Waals surface area (Å²) in [6.45, 7) is 5.37. The highest BCUT2D eigenvalue weighted by molar-refractivity contribution is 5.92. The van der Waals surface area contributed by atoms with Crippen molar-refractivity contribution < 1.29 is 19.4 Å². The van der Waals surface area contributed by atoms with Crippen LogP contribution in [0.15, 0.2) is 24.3 Å². The number of nitrogens with zero attached hydrogens (tertiary/aromatic N) is 1. The average Bonchev–Trinajstić information content (AvgIpc) is 2.63. The summed E-state index contributed by atoms with van der Waals surface area (Å²) in [4.78, 5) is 24.8. The highest BCUT2D eigenvalue weighted by Crippen LogP contribution is 2.34. The molecule has 0 aliphatic carbocycles. The lowest BCUT2D eigenvalue weighted by Gasteiger charge is -2.28. The molecular weight excluding hydrogens is 258 g/mol. The van der Waals surface area contributed by atoms with Crippen LogP contribution >= 0.6 is 0 Å². The second-order valence-electron chi connectivity index (χ2n) is 5.93. The fourth-order valence-corrected chi connectivity index (χ4v) is 2.38. The molecule has 0 aromatic heterocycles. The molecule has 0 spiro atoms. The van der Waals surface area contributed by atoms with Gasteiger partial charge >= 0.3 is 12.1 Å². The fourth-order valence-electron chi connectivity index (χ4n) is 2.38. The predicted octanol–water partition coefficient (Wildman–Crippen LogP) is 2.83. The number of hydrogen-bond acceptors (Lipinski definition) is 3. The standard InChI is InChI=1S/C15H19NO4/c1-15(2,3)20-14(19)16-11(9-13(17)18)8-10-6-4-5-7-12(10)16/h4-7,11H,8-9H2,1-3H3,(H,17,18)/t11-/m0/s1. The molecule has 0 bridgehead atoms. The molecule has 5 heteroatoms. The van der Waals surface area contributed by atoms with Crippen LogP contribution in [0.2, 0.25) is 0 Å². The summed E-state index contributed by atoms with van der Waals surface area (Å²) in [5.74, 6) is -0.920. The second kappa shape index (κ2) is 5.15. The van der Waals surface area contributed by atoms with E-state index in [1.165, 1.54) is 4.90 Å². The van der Waals surface area contributed by atoms with Crippen LogP contribution in [-0.2, 0) is 16.0 Å². The number of carboxylic acid groups (broad SMARTS) is 1. The molecule has 0 saturated carbocycles. The monoisotopic (exact) mass is 277 g/mol. The van der Waals surface area contributed by atoms with Crippen LogP contribution in [0.25, 0.3) is 0 Å². The number of carboxylic acids is 1. The number of carbonyl (C=O) groups excluding carboxylic acids is 1. The number of benzene rings is 1. The molecule has 1 aliphatic heterocycles. The number of amides is 1. The smallest absolute Gasteiger partial charge is 0.415 e. The summed E-state index contributed by atoms with van der Waals surface area (Å²) >= 11 is 0. The molecule has 0 radical (unpaired) electrons. The van der Waals surface area contributed by atoms with Gasteiger partial charge < -0.3 is 9.84 Å². The zero-order valence-corrected chi connectivity index (χ0v) is 11.9. The number of aliphatic carboxylic acids is 1. The van der Waals surface area contributed by atoms with Crippen LogP contribution in [0.5, 0.6) is 0 Å². The Balaban J connectivity index is 2.29. The lowest BCUT2D eigenvalue weighted by atomic mass is 10.1. The number of hydrogen-bond donors (Lipinski definition) is 1. The van der Waals surface area contributed by atoms with E-state index in [1.54, 1.807) is 20.8 Å². The second-order valence-corrected chi connectivity index (χ2v) is 5.93. The summed E-state index contributed by atoms with van der Waals surface area (Å²) in [5.41, 5.74) is 1.11. The number of carbonyl (C=O) groups is 2. The zero-order valence-electron chi connectivity index (χ0n) is 11.9. The van der Waals surface area contributed by atoms with E-state index in [0.29, 0.717) is 6.42 Å². The Bertz CT molecular complexity index is 533. The summed E-state index contributed by atoms with van der Waals surface area (Å²) in [7, 11) is 0. The Hall–Kier alpha value is -2.04. The number of fused-ring (bicyclic) bond motifs is 1. The van der Waals surface area contributed by atoms with Gasteiger partial charge in [0.1, 0.15) is 5.60 Å². The largest absolute Gasteiger partial charge is 0.481 e. The highest BCUT2D eigenvalue weighted by Gasteiger charge is 2.37. The quantitative estimate of drug-likeness (QED) is 0.902. The number of ether oxygens (including phenoxy) is 1. The van der Waals surface area contributed by atoms with E-state index in [0.717, 1.165) is 11.3 Å². The third-order valence-electron chi connectivity index (χ3n) is 3.07. The van der Waals surface area contributed by atoms with Gasteiger partial charge in [-0.3, -0.25) is 9.69 Å². The van der Waals surface area contributed by atoms with Gasteiger partial charge in [0.05, 0.1) is 18.2 Å². The molecule has 2 rings (SSSR count). The predicted molar refractivity (Wildman–Crippen MR) is 74.9 cm³/mol. The first-order valence-corrected chi connectivity index (χ1v) is 6.60. The summed E-state index contributed by atoms with van der Waals surface area (Å²) in [6, 6.07) is 7.06. The molecule has 108 valence electrons. The SMILES string of the molecule is CC(C)(C)OC(=O)N1c2ccccc2C[C@H]1CC(=O)O. The molecule has 0 saturated heterocycles. The van der Waals surface area contributed by atoms with E-state index >= 15 is 0 Å². The van der Waals surface area contributed by atoms with E-state index in [4.69, 9.17) is 9.84 Å². The molecule has 5 nitrogen and oxygen atoms in total. The minimum absolute atomic E-state index is 0.0894. The molecule has 20 heavy (non-hydrogen) atoms. The minimum Gasteiger partial charge on any atom is -0.481 e. The molecule has 1 aliphatic rings. The van der Waals surface area contributed by atoms with E-state index in [1.807, 2.05) is 24.3 Å². The van der Waals surface area contributed by atoms with Crippen molar-refractivity contribution >= 4 is 17.7 Å². The van der Waals surface area contributed by atoms with Crippen molar-refractivity contribution in [2.75, 3.05) is 4.90 Å². The number of anilines is 1. The van der Waals surface area contributed by atoms with Crippen LogP contribution in [0.3, 0.4) is 0 Å². The Morgan fingerprint density at radius 3 is 2.60 bits per heavy atom. The molecule has 1 aromatic rings. The molecule has 0 unspecified atom stereocenters. The van der Waals surface area contributed by atoms with Crippen molar-refractivity contribution in [3.8, 4) is 0 Å². The van der Waals surface area contributed by atoms with Crippen LogP contribution in [0.4, 0.5) is 10.5 Å². The van der Waals surface area contributed by atoms with Crippen molar-refractivity contribution in [1.82, 2.24) is 0 Å². The van der Waals surface area contributed by atoms with Crippen molar-refractivity contribution in [3.63, 3.8) is 0 Å². The Morgan fingerprint density at radius 2 is 2.00 bits per heavy atom. The van der Waals surface area contributed by atoms with Gasteiger partial charge in [-0.2, -0.15) is 0 Å². The molecule has 1 heterocycles. The van der Waals surface area contributed by atoms with Gasteiger partial charge in [-0.05, 0) is 38.8 Å². The molecule has 0 fully saturated rings. The first kappa shape index (κ1) is 14.4. The van der Waals surface area contributed by atoms with Gasteiger partial charge in [0.15, 0.2) is 0 Å². The topological polar surface area (TPSA) is 66.8 Å². The van der Waals surface area contributed by atoms with Crippen molar-refractivity contribution in [2.45, 2.75) is 45.3 Å². The highest BCUT2D eigenvalue weighted by atomic mass is 16.6. The van der Waals surface area contributed by atoms with Crippen LogP contribution in [0.1, 0.15) is 32.8 Å². The van der Waals surface area contributed by atoms with Crippen molar-refractivity contribution in [3.05, 3.63) is 29.8 Å². The normalized spacial score (nSPS) is 17.8. The van der Waals surface area contributed by atoms with Crippen LogP contribution in [-0.4, -0.2) is 28.8 Å². The van der Waals surface area contributed by atoms with Gasteiger partial charge in [0, 0.05) is 0 Å². The van der Waals surface area contributed by atoms with E-state index in [-0.39, 0.29) is 12.5 Å². The van der Waals surface area contributed by atoms with Gasteiger partial charge in [-0.1, -0.05) is 18.2 Å². The van der Waals surface area contributed by atoms with Crippen molar-refractivity contribution in [2.24, 2.45) is 0 Å². The Labute approximate surface area is 118 Å². The lowest BCUT2D eigenvalue weighted by molar-refractivity contribution is -0.137. The molecule has 1 atom stereocenters. The summed E-state index contributed by atoms with van der Waals surface area (Å²) < 4.78 is 5.38. The molecular formula is C15H19NO4. The first-order chi connectivity index (χ1) is 9.28. The third-order valence-corrected chi connectivity index (χ3v) is 3.07. The fraction of sp³-hybridized carbons (Fsp3) is 0.467. The van der Waals surface area contributed by atoms with Gasteiger partial charge in [-0.15, -0.1) is 0 Å². The third kappa shape index (κ3) is 3.10. The zero-order chi connectivity index (χ0) is 14.9. The Morgan fingerprint density at radius 1 is 1.35 bits per heavy atom.